The molecule has 4 rings (SSSR count). The number of nitrogens with one attached hydrogen (secondary N) is 1. The summed E-state index contributed by atoms with van der Waals surface area (Å²) >= 11 is 0. The molecule has 2 aromatic rings. The standard InChI is InChI=1S/C23H27N3O2/c1-24-22(27)15-17-4-6-18(7-5-17)19-8-10-20(11-9-19)23(28)26-14-13-25-12-2-3-21(25)16-26/h4-11,21H,2-3,12-16H2,1H3,(H,24,27)/t21-/m1/s1. The topological polar surface area (TPSA) is 52.7 Å². The number of hydrogen-bond acceptors (Lipinski definition) is 3. The summed E-state index contributed by atoms with van der Waals surface area (Å²) in [5.74, 6) is 0.146. The molecular formula is C23H27N3O2. The van der Waals surface area contributed by atoms with E-state index < -0.39 is 0 Å². The third-order valence-electron chi connectivity index (χ3n) is 5.94. The molecule has 2 fully saturated rings. The van der Waals surface area contributed by atoms with Gasteiger partial charge in [-0.15, -0.1) is 0 Å². The van der Waals surface area contributed by atoms with Crippen LogP contribution in [0.15, 0.2) is 48.5 Å². The van der Waals surface area contributed by atoms with Crippen molar-refractivity contribution in [2.45, 2.75) is 25.3 Å². The van der Waals surface area contributed by atoms with Crippen LogP contribution in [0.2, 0.25) is 0 Å². The second kappa shape index (κ2) is 8.15. The largest absolute Gasteiger partial charge is 0.359 e. The lowest BCUT2D eigenvalue weighted by molar-refractivity contribution is -0.119. The first-order valence-electron chi connectivity index (χ1n) is 10.1. The lowest BCUT2D eigenvalue weighted by Crippen LogP contribution is -2.52. The first-order valence-corrected chi connectivity index (χ1v) is 10.1. The van der Waals surface area contributed by atoms with Crippen LogP contribution in [-0.4, -0.2) is 60.9 Å². The van der Waals surface area contributed by atoms with E-state index in [9.17, 15) is 9.59 Å². The molecule has 2 aliphatic heterocycles. The van der Waals surface area contributed by atoms with Gasteiger partial charge in [0.2, 0.25) is 5.91 Å². The van der Waals surface area contributed by atoms with Crippen molar-refractivity contribution in [2.24, 2.45) is 0 Å². The molecule has 146 valence electrons. The summed E-state index contributed by atoms with van der Waals surface area (Å²) in [6, 6.07) is 16.4. The minimum absolute atomic E-state index is 0.00838. The molecule has 5 heteroatoms. The average molecular weight is 377 g/mol. The monoisotopic (exact) mass is 377 g/mol. The Hall–Kier alpha value is -2.66. The van der Waals surface area contributed by atoms with Crippen molar-refractivity contribution in [3.63, 3.8) is 0 Å². The molecule has 0 bridgehead atoms. The van der Waals surface area contributed by atoms with Crippen LogP contribution < -0.4 is 5.32 Å². The minimum atomic E-state index is 0.00838. The molecular weight excluding hydrogens is 350 g/mol. The van der Waals surface area contributed by atoms with Crippen LogP contribution >= 0.6 is 0 Å². The van der Waals surface area contributed by atoms with Crippen molar-refractivity contribution in [3.05, 3.63) is 59.7 Å². The Bertz CT molecular complexity index is 845. The van der Waals surface area contributed by atoms with Gasteiger partial charge in [-0.2, -0.15) is 0 Å². The van der Waals surface area contributed by atoms with Gasteiger partial charge < -0.3 is 10.2 Å². The van der Waals surface area contributed by atoms with Crippen molar-refractivity contribution < 1.29 is 9.59 Å². The van der Waals surface area contributed by atoms with Crippen LogP contribution in [0.1, 0.15) is 28.8 Å². The molecule has 0 aliphatic carbocycles. The smallest absolute Gasteiger partial charge is 0.253 e. The van der Waals surface area contributed by atoms with E-state index in [1.54, 1.807) is 7.05 Å². The number of hydrogen-bond donors (Lipinski definition) is 1. The van der Waals surface area contributed by atoms with Crippen LogP contribution in [0.25, 0.3) is 11.1 Å². The maximum Gasteiger partial charge on any atom is 0.253 e. The molecule has 0 radical (unpaired) electrons. The van der Waals surface area contributed by atoms with E-state index in [-0.39, 0.29) is 11.8 Å². The summed E-state index contributed by atoms with van der Waals surface area (Å²) in [5.41, 5.74) is 3.90. The molecule has 0 unspecified atom stereocenters. The zero-order valence-electron chi connectivity index (χ0n) is 16.4. The number of benzene rings is 2. The summed E-state index contributed by atoms with van der Waals surface area (Å²) in [7, 11) is 1.65. The van der Waals surface area contributed by atoms with E-state index in [2.05, 4.69) is 10.2 Å². The first kappa shape index (κ1) is 18.7. The zero-order valence-corrected chi connectivity index (χ0v) is 16.4. The number of fused-ring (bicyclic) bond motifs is 1. The number of carbonyl (C=O) groups excluding carboxylic acids is 2. The van der Waals surface area contributed by atoms with Gasteiger partial charge >= 0.3 is 0 Å². The Labute approximate surface area is 166 Å². The molecule has 0 aromatic heterocycles. The SMILES string of the molecule is CNC(=O)Cc1ccc(-c2ccc(C(=O)N3CCN4CCC[C@@H]4C3)cc2)cc1. The summed E-state index contributed by atoms with van der Waals surface area (Å²) < 4.78 is 0. The van der Waals surface area contributed by atoms with Crippen LogP contribution in [0.3, 0.4) is 0 Å². The van der Waals surface area contributed by atoms with Gasteiger partial charge in [-0.3, -0.25) is 14.5 Å². The second-order valence-electron chi connectivity index (χ2n) is 7.71. The fourth-order valence-electron chi connectivity index (χ4n) is 4.25. The number of piperazine rings is 1. The van der Waals surface area contributed by atoms with Gasteiger partial charge in [-0.05, 0) is 48.2 Å². The Morgan fingerprint density at radius 2 is 1.64 bits per heavy atom. The van der Waals surface area contributed by atoms with Gasteiger partial charge in [0.15, 0.2) is 0 Å². The lowest BCUT2D eigenvalue weighted by Gasteiger charge is -2.37. The van der Waals surface area contributed by atoms with Crippen molar-refractivity contribution in [3.8, 4) is 11.1 Å². The highest BCUT2D eigenvalue weighted by Gasteiger charge is 2.32. The molecule has 2 saturated heterocycles. The van der Waals surface area contributed by atoms with E-state index in [0.717, 1.165) is 41.9 Å². The fraction of sp³-hybridized carbons (Fsp3) is 0.391. The van der Waals surface area contributed by atoms with Crippen LogP contribution in [-0.2, 0) is 11.2 Å². The Balaban J connectivity index is 1.42. The van der Waals surface area contributed by atoms with Crippen molar-refractivity contribution >= 4 is 11.8 Å². The molecule has 2 aliphatic rings. The molecule has 0 spiro atoms. The van der Waals surface area contributed by atoms with E-state index in [1.165, 1.54) is 19.4 Å². The van der Waals surface area contributed by atoms with Gasteiger partial charge in [0.05, 0.1) is 6.42 Å². The number of nitrogens with zero attached hydrogens (tertiary/aromatic N) is 2. The molecule has 1 atom stereocenters. The second-order valence-corrected chi connectivity index (χ2v) is 7.71. The van der Waals surface area contributed by atoms with Gasteiger partial charge in [0, 0.05) is 38.3 Å². The molecule has 28 heavy (non-hydrogen) atoms. The van der Waals surface area contributed by atoms with Crippen LogP contribution in [0.4, 0.5) is 0 Å². The summed E-state index contributed by atoms with van der Waals surface area (Å²) in [6.45, 7) is 3.86. The van der Waals surface area contributed by atoms with Crippen LogP contribution in [0.5, 0.6) is 0 Å². The highest BCUT2D eigenvalue weighted by atomic mass is 16.2. The molecule has 2 amide bonds. The molecule has 1 N–H and O–H groups in total. The van der Waals surface area contributed by atoms with Gasteiger partial charge in [0.25, 0.3) is 5.91 Å². The fourth-order valence-corrected chi connectivity index (χ4v) is 4.25. The van der Waals surface area contributed by atoms with Gasteiger partial charge in [-0.25, -0.2) is 0 Å². The van der Waals surface area contributed by atoms with E-state index >= 15 is 0 Å². The molecule has 2 heterocycles. The van der Waals surface area contributed by atoms with Crippen molar-refractivity contribution in [1.29, 1.82) is 0 Å². The lowest BCUT2D eigenvalue weighted by atomic mass is 10.0. The Morgan fingerprint density at radius 1 is 0.964 bits per heavy atom. The number of amides is 2. The number of carbonyl (C=O) groups is 2. The van der Waals surface area contributed by atoms with Crippen molar-refractivity contribution in [2.75, 3.05) is 33.2 Å². The summed E-state index contributed by atoms with van der Waals surface area (Å²) in [6.07, 6.45) is 2.85. The number of rotatable bonds is 4. The molecule has 2 aromatic carbocycles. The van der Waals surface area contributed by atoms with Gasteiger partial charge in [0.1, 0.15) is 0 Å². The Morgan fingerprint density at radius 3 is 2.32 bits per heavy atom. The zero-order chi connectivity index (χ0) is 19.5. The number of likely N-dealkylation sites (N-methyl/N-ethyl adjacent to an activating group) is 1. The minimum Gasteiger partial charge on any atom is -0.359 e. The van der Waals surface area contributed by atoms with E-state index in [1.807, 2.05) is 53.4 Å². The van der Waals surface area contributed by atoms with Crippen molar-refractivity contribution in [1.82, 2.24) is 15.1 Å². The first-order chi connectivity index (χ1) is 13.6. The highest BCUT2D eigenvalue weighted by Crippen LogP contribution is 2.24. The third kappa shape index (κ3) is 3.94. The Kier molecular flexibility index (Phi) is 5.44. The molecule has 5 nitrogen and oxygen atoms in total. The van der Waals surface area contributed by atoms with E-state index in [4.69, 9.17) is 0 Å². The highest BCUT2D eigenvalue weighted by molar-refractivity contribution is 5.94. The quantitative estimate of drug-likeness (QED) is 0.891. The predicted molar refractivity (Wildman–Crippen MR) is 110 cm³/mol. The predicted octanol–water partition coefficient (Wildman–Crippen LogP) is 2.56. The van der Waals surface area contributed by atoms with Crippen LogP contribution in [0, 0.1) is 0 Å². The summed E-state index contributed by atoms with van der Waals surface area (Å²) in [4.78, 5) is 28.9. The average Bonchev–Trinajstić information content (AvgIpc) is 3.21. The summed E-state index contributed by atoms with van der Waals surface area (Å²) in [5, 5.41) is 2.64. The maximum absolute atomic E-state index is 12.9. The third-order valence-corrected chi connectivity index (χ3v) is 5.94. The van der Waals surface area contributed by atoms with E-state index in [0.29, 0.717) is 12.5 Å². The normalized spacial score (nSPS) is 19.3. The maximum atomic E-state index is 12.9. The molecule has 0 saturated carbocycles. The van der Waals surface area contributed by atoms with Gasteiger partial charge in [-0.1, -0.05) is 36.4 Å².